The number of aliphatic imine (C=N–C) groups is 1. The van der Waals surface area contributed by atoms with Crippen molar-refractivity contribution in [3.05, 3.63) is 39.9 Å². The zero-order valence-electron chi connectivity index (χ0n) is 17.1. The van der Waals surface area contributed by atoms with Crippen LogP contribution in [0, 0.1) is 16.0 Å². The van der Waals surface area contributed by atoms with E-state index in [1.165, 1.54) is 0 Å². The maximum atomic E-state index is 12.0. The van der Waals surface area contributed by atoms with Gasteiger partial charge >= 0.3 is 5.97 Å². The van der Waals surface area contributed by atoms with Gasteiger partial charge in [-0.15, -0.1) is 24.0 Å². The summed E-state index contributed by atoms with van der Waals surface area (Å²) in [5, 5.41) is 14.1. The van der Waals surface area contributed by atoms with Gasteiger partial charge in [0.2, 0.25) is 0 Å². The lowest BCUT2D eigenvalue weighted by molar-refractivity contribution is -0.384. The lowest BCUT2D eigenvalue weighted by Gasteiger charge is -2.34. The molecule has 0 bridgehead atoms. The van der Waals surface area contributed by atoms with Crippen molar-refractivity contribution >= 4 is 41.6 Å². The Kier molecular flexibility index (Phi) is 11.6. The molecule has 0 amide bonds. The quantitative estimate of drug-likeness (QED) is 0.108. The van der Waals surface area contributed by atoms with Gasteiger partial charge in [-0.25, -0.2) is 0 Å². The van der Waals surface area contributed by atoms with E-state index in [1.54, 1.807) is 19.2 Å². The molecule has 8 nitrogen and oxygen atoms in total. The maximum absolute atomic E-state index is 12.0. The van der Waals surface area contributed by atoms with E-state index < -0.39 is 0 Å². The van der Waals surface area contributed by atoms with E-state index >= 15 is 0 Å². The number of nitrogens with zero attached hydrogens (tertiary/aromatic N) is 3. The summed E-state index contributed by atoms with van der Waals surface area (Å²) in [6.07, 6.45) is 4.64. The molecule has 1 unspecified atom stereocenters. The molecule has 0 saturated carbocycles. The first kappa shape index (κ1) is 25.1. The van der Waals surface area contributed by atoms with E-state index in [0.29, 0.717) is 13.2 Å². The van der Waals surface area contributed by atoms with Gasteiger partial charge in [-0.1, -0.05) is 12.1 Å². The minimum Gasteiger partial charge on any atom is -0.466 e. The predicted molar refractivity (Wildman–Crippen MR) is 124 cm³/mol. The van der Waals surface area contributed by atoms with Gasteiger partial charge in [0.1, 0.15) is 0 Å². The van der Waals surface area contributed by atoms with Crippen molar-refractivity contribution in [2.75, 3.05) is 33.3 Å². The van der Waals surface area contributed by atoms with Crippen LogP contribution in [-0.2, 0) is 16.0 Å². The van der Waals surface area contributed by atoms with Crippen LogP contribution in [0.1, 0.15) is 38.2 Å². The second-order valence-electron chi connectivity index (χ2n) is 6.89. The number of piperidine rings is 1. The van der Waals surface area contributed by atoms with E-state index in [9.17, 15) is 14.9 Å². The molecule has 1 heterocycles. The van der Waals surface area contributed by atoms with E-state index in [1.807, 2.05) is 19.1 Å². The standard InChI is InChI=1S/C20H30N4O4.HI/c1-3-28-19(25)17-8-6-14-23(15-17)20(21-2)22-13-5-4-7-16-9-11-18(12-10-16)24(26)27;/h9-12,17H,3-8,13-15H2,1-2H3,(H,21,22);1H. The van der Waals surface area contributed by atoms with Crippen LogP contribution in [0.5, 0.6) is 0 Å². The number of nitrogens with one attached hydrogen (secondary N) is 1. The van der Waals surface area contributed by atoms with Crippen molar-refractivity contribution in [1.29, 1.82) is 0 Å². The number of carbonyl (C=O) groups excluding carboxylic acids is 1. The summed E-state index contributed by atoms with van der Waals surface area (Å²) in [5.41, 5.74) is 1.22. The fraction of sp³-hybridized carbons (Fsp3) is 0.600. The molecule has 2 rings (SSSR count). The number of carbonyl (C=O) groups is 1. The minimum atomic E-state index is -0.383. The Bertz CT molecular complexity index is 682. The molecule has 1 aliphatic rings. The van der Waals surface area contributed by atoms with E-state index in [2.05, 4.69) is 15.2 Å². The van der Waals surface area contributed by atoms with Crippen LogP contribution >= 0.6 is 24.0 Å². The van der Waals surface area contributed by atoms with Gasteiger partial charge in [0.25, 0.3) is 5.69 Å². The smallest absolute Gasteiger partial charge is 0.310 e. The number of non-ortho nitro benzene ring substituents is 1. The Morgan fingerprint density at radius 3 is 2.69 bits per heavy atom. The molecule has 0 spiro atoms. The molecule has 0 radical (unpaired) electrons. The van der Waals surface area contributed by atoms with Crippen molar-refractivity contribution in [2.45, 2.75) is 39.0 Å². The summed E-state index contributed by atoms with van der Waals surface area (Å²) in [7, 11) is 1.76. The van der Waals surface area contributed by atoms with Crippen molar-refractivity contribution in [3.8, 4) is 0 Å². The topological polar surface area (TPSA) is 97.1 Å². The van der Waals surface area contributed by atoms with E-state index in [4.69, 9.17) is 4.74 Å². The Labute approximate surface area is 189 Å². The Balaban J connectivity index is 0.00000420. The van der Waals surface area contributed by atoms with Gasteiger partial charge in [-0.05, 0) is 44.6 Å². The van der Waals surface area contributed by atoms with Crippen LogP contribution in [-0.4, -0.2) is 55.0 Å². The molecular weight excluding hydrogens is 487 g/mol. The molecule has 1 aromatic rings. The highest BCUT2D eigenvalue weighted by atomic mass is 127. The van der Waals surface area contributed by atoms with Gasteiger partial charge in [-0.2, -0.15) is 0 Å². The fourth-order valence-electron chi connectivity index (χ4n) is 3.39. The van der Waals surface area contributed by atoms with Gasteiger partial charge in [0.15, 0.2) is 5.96 Å². The van der Waals surface area contributed by atoms with E-state index in [-0.39, 0.29) is 46.5 Å². The third-order valence-corrected chi connectivity index (χ3v) is 4.88. The summed E-state index contributed by atoms with van der Waals surface area (Å²) in [4.78, 5) is 28.8. The van der Waals surface area contributed by atoms with Gasteiger partial charge in [-0.3, -0.25) is 19.9 Å². The van der Waals surface area contributed by atoms with Crippen LogP contribution in [0.25, 0.3) is 0 Å². The van der Waals surface area contributed by atoms with E-state index in [0.717, 1.165) is 56.7 Å². The highest BCUT2D eigenvalue weighted by molar-refractivity contribution is 14.0. The van der Waals surface area contributed by atoms with Crippen molar-refractivity contribution < 1.29 is 14.5 Å². The second-order valence-corrected chi connectivity index (χ2v) is 6.89. The molecule has 1 saturated heterocycles. The first-order valence-corrected chi connectivity index (χ1v) is 9.90. The fourth-order valence-corrected chi connectivity index (χ4v) is 3.39. The van der Waals surface area contributed by atoms with Crippen molar-refractivity contribution in [1.82, 2.24) is 10.2 Å². The normalized spacial score (nSPS) is 16.7. The third-order valence-electron chi connectivity index (χ3n) is 4.88. The summed E-state index contributed by atoms with van der Waals surface area (Å²) < 4.78 is 5.16. The third kappa shape index (κ3) is 8.15. The largest absolute Gasteiger partial charge is 0.466 e. The molecular formula is C20H31IN4O4. The summed E-state index contributed by atoms with van der Waals surface area (Å²) >= 11 is 0. The molecule has 162 valence electrons. The molecule has 0 aliphatic carbocycles. The molecule has 29 heavy (non-hydrogen) atoms. The Morgan fingerprint density at radius 2 is 2.07 bits per heavy atom. The summed E-state index contributed by atoms with van der Waals surface area (Å²) in [6.45, 7) is 4.56. The number of nitro benzene ring substituents is 1. The first-order valence-electron chi connectivity index (χ1n) is 9.90. The van der Waals surface area contributed by atoms with Crippen LogP contribution in [0.4, 0.5) is 5.69 Å². The lowest BCUT2D eigenvalue weighted by atomic mass is 9.98. The molecule has 9 heteroatoms. The highest BCUT2D eigenvalue weighted by Crippen LogP contribution is 2.18. The number of guanidine groups is 1. The van der Waals surface area contributed by atoms with Crippen LogP contribution in [0.2, 0.25) is 0 Å². The number of nitro groups is 1. The van der Waals surface area contributed by atoms with Gasteiger partial charge in [0, 0.05) is 38.8 Å². The Hall–Kier alpha value is -1.91. The second kappa shape index (κ2) is 13.3. The number of rotatable bonds is 8. The molecule has 1 aromatic carbocycles. The zero-order valence-corrected chi connectivity index (χ0v) is 19.5. The van der Waals surface area contributed by atoms with Crippen molar-refractivity contribution in [2.24, 2.45) is 10.9 Å². The number of benzene rings is 1. The number of halogens is 1. The summed E-state index contributed by atoms with van der Waals surface area (Å²) in [6, 6.07) is 6.72. The van der Waals surface area contributed by atoms with Gasteiger partial charge in [0.05, 0.1) is 17.4 Å². The highest BCUT2D eigenvalue weighted by Gasteiger charge is 2.28. The zero-order chi connectivity index (χ0) is 20.4. The molecule has 1 aliphatic heterocycles. The van der Waals surface area contributed by atoms with Gasteiger partial charge < -0.3 is 15.0 Å². The van der Waals surface area contributed by atoms with Crippen molar-refractivity contribution in [3.63, 3.8) is 0 Å². The van der Waals surface area contributed by atoms with Crippen LogP contribution in [0.15, 0.2) is 29.3 Å². The lowest BCUT2D eigenvalue weighted by Crippen LogP contribution is -2.48. The molecule has 1 fully saturated rings. The number of esters is 1. The number of aryl methyl sites for hydroxylation is 1. The number of unbranched alkanes of at least 4 members (excludes halogenated alkanes) is 1. The number of ether oxygens (including phenoxy) is 1. The average Bonchev–Trinajstić information content (AvgIpc) is 2.71. The van der Waals surface area contributed by atoms with Crippen LogP contribution < -0.4 is 5.32 Å². The number of hydrogen-bond acceptors (Lipinski definition) is 5. The minimum absolute atomic E-state index is 0. The molecule has 1 atom stereocenters. The summed E-state index contributed by atoms with van der Waals surface area (Å²) in [5.74, 6) is 0.615. The first-order chi connectivity index (χ1) is 13.5. The SMILES string of the molecule is CCOC(=O)C1CCCN(C(=NC)NCCCCc2ccc([N+](=O)[O-])cc2)C1.I. The predicted octanol–water partition coefficient (Wildman–Crippen LogP) is 3.39. The average molecular weight is 518 g/mol. The monoisotopic (exact) mass is 518 g/mol. The van der Waals surface area contributed by atoms with Crippen LogP contribution in [0.3, 0.4) is 0 Å². The Morgan fingerprint density at radius 1 is 1.34 bits per heavy atom. The molecule has 0 aromatic heterocycles. The number of hydrogen-bond donors (Lipinski definition) is 1. The number of likely N-dealkylation sites (tertiary alicyclic amines) is 1. The molecule has 1 N–H and O–H groups in total. The maximum Gasteiger partial charge on any atom is 0.310 e.